The first-order chi connectivity index (χ1) is 14.0. The number of rotatable bonds is 5. The van der Waals surface area contributed by atoms with Crippen LogP contribution in [0.4, 0.5) is 0 Å². The Morgan fingerprint density at radius 2 is 1.62 bits per heavy atom. The van der Waals surface area contributed by atoms with Crippen molar-refractivity contribution in [2.75, 3.05) is 26.7 Å². The Bertz CT molecular complexity index is 875. The molecule has 1 aliphatic heterocycles. The lowest BCUT2D eigenvalue weighted by atomic mass is 10.1. The highest BCUT2D eigenvalue weighted by molar-refractivity contribution is 5.97. The summed E-state index contributed by atoms with van der Waals surface area (Å²) in [4.78, 5) is 29.8. The lowest BCUT2D eigenvalue weighted by Gasteiger charge is -2.26. The van der Waals surface area contributed by atoms with E-state index in [2.05, 4.69) is 52.1 Å². The number of guanidine groups is 1. The molecule has 7 nitrogen and oxygen atoms in total. The molecule has 1 fully saturated rings. The number of piperazine rings is 1. The van der Waals surface area contributed by atoms with Gasteiger partial charge in [-0.2, -0.15) is 0 Å². The monoisotopic (exact) mass is 393 g/mol. The molecular weight excluding hydrogens is 366 g/mol. The van der Waals surface area contributed by atoms with Crippen LogP contribution in [0.2, 0.25) is 0 Å². The van der Waals surface area contributed by atoms with E-state index in [9.17, 15) is 9.59 Å². The van der Waals surface area contributed by atoms with E-state index in [1.165, 1.54) is 11.1 Å². The smallest absolute Gasteiger partial charge is 0.254 e. The number of hydrogen-bond acceptors (Lipinski definition) is 3. The van der Waals surface area contributed by atoms with E-state index < -0.39 is 0 Å². The number of carbonyl (C=O) groups is 2. The number of aryl methyl sites for hydroxylation is 1. The quantitative estimate of drug-likeness (QED) is 0.530. The van der Waals surface area contributed by atoms with Crippen LogP contribution in [0, 0.1) is 6.92 Å². The molecule has 0 aliphatic carbocycles. The molecule has 3 N–H and O–H groups in total. The molecule has 0 radical (unpaired) electrons. The number of hydrogen-bond donors (Lipinski definition) is 3. The van der Waals surface area contributed by atoms with Crippen LogP contribution in [0.5, 0.6) is 0 Å². The molecule has 7 heteroatoms. The molecule has 0 saturated carbocycles. The predicted molar refractivity (Wildman–Crippen MR) is 114 cm³/mol. The third kappa shape index (κ3) is 5.81. The van der Waals surface area contributed by atoms with Crippen molar-refractivity contribution in [1.29, 1.82) is 0 Å². The summed E-state index contributed by atoms with van der Waals surface area (Å²) in [6.07, 6.45) is 0. The van der Waals surface area contributed by atoms with Crippen LogP contribution < -0.4 is 16.0 Å². The van der Waals surface area contributed by atoms with E-state index in [1.54, 1.807) is 24.1 Å². The zero-order chi connectivity index (χ0) is 20.6. The molecule has 3 rings (SSSR count). The minimum Gasteiger partial charge on any atom is -0.353 e. The number of benzene rings is 2. The molecule has 0 atom stereocenters. The predicted octanol–water partition coefficient (Wildman–Crippen LogP) is 1.43. The number of nitrogens with zero attached hydrogens (tertiary/aromatic N) is 2. The van der Waals surface area contributed by atoms with Gasteiger partial charge in [-0.1, -0.05) is 42.0 Å². The maximum absolute atomic E-state index is 12.5. The number of carbonyl (C=O) groups excluding carboxylic acids is 2. The summed E-state index contributed by atoms with van der Waals surface area (Å²) in [5, 5.41) is 9.29. The van der Waals surface area contributed by atoms with E-state index >= 15 is 0 Å². The summed E-state index contributed by atoms with van der Waals surface area (Å²) < 4.78 is 0. The summed E-state index contributed by atoms with van der Waals surface area (Å²) in [7, 11) is 1.74. The summed E-state index contributed by atoms with van der Waals surface area (Å²) >= 11 is 0. The molecule has 2 amide bonds. The Labute approximate surface area is 171 Å². The molecule has 1 saturated heterocycles. The number of aliphatic imine (C=N–C) groups is 1. The van der Waals surface area contributed by atoms with Crippen molar-refractivity contribution in [3.05, 3.63) is 70.8 Å². The molecule has 2 aromatic carbocycles. The maximum atomic E-state index is 12.5. The fourth-order valence-corrected chi connectivity index (χ4v) is 3.06. The van der Waals surface area contributed by atoms with Gasteiger partial charge in [-0.15, -0.1) is 0 Å². The second kappa shape index (κ2) is 9.73. The van der Waals surface area contributed by atoms with Crippen molar-refractivity contribution in [2.24, 2.45) is 4.99 Å². The van der Waals surface area contributed by atoms with Gasteiger partial charge >= 0.3 is 0 Å². The maximum Gasteiger partial charge on any atom is 0.254 e. The number of amides is 2. The summed E-state index contributed by atoms with van der Waals surface area (Å²) in [5.74, 6) is 0.481. The van der Waals surface area contributed by atoms with Gasteiger partial charge in [0, 0.05) is 38.8 Å². The normalized spacial score (nSPS) is 14.3. The number of nitrogens with one attached hydrogen (secondary N) is 3. The van der Waals surface area contributed by atoms with Crippen LogP contribution in [0.15, 0.2) is 53.5 Å². The molecule has 0 spiro atoms. The molecule has 152 valence electrons. The third-order valence-corrected chi connectivity index (χ3v) is 4.79. The van der Waals surface area contributed by atoms with Gasteiger partial charge in [0.05, 0.1) is 6.54 Å². The fourth-order valence-electron chi connectivity index (χ4n) is 3.06. The lowest BCUT2D eigenvalue weighted by molar-refractivity contribution is -0.123. The molecule has 29 heavy (non-hydrogen) atoms. The van der Waals surface area contributed by atoms with Gasteiger partial charge in [0.15, 0.2) is 5.96 Å². The van der Waals surface area contributed by atoms with Crippen molar-refractivity contribution in [1.82, 2.24) is 20.9 Å². The Kier molecular flexibility index (Phi) is 6.84. The van der Waals surface area contributed by atoms with E-state index in [4.69, 9.17) is 0 Å². The molecule has 2 aromatic rings. The first kappa shape index (κ1) is 20.4. The largest absolute Gasteiger partial charge is 0.353 e. The molecule has 0 aromatic heterocycles. The molecule has 0 unspecified atom stereocenters. The van der Waals surface area contributed by atoms with Gasteiger partial charge in [0.1, 0.15) is 0 Å². The van der Waals surface area contributed by atoms with Crippen LogP contribution >= 0.6 is 0 Å². The van der Waals surface area contributed by atoms with Crippen LogP contribution in [0.25, 0.3) is 0 Å². The minimum atomic E-state index is -0.116. The van der Waals surface area contributed by atoms with Gasteiger partial charge in [-0.25, -0.2) is 0 Å². The fraction of sp³-hybridized carbons (Fsp3) is 0.318. The van der Waals surface area contributed by atoms with Crippen LogP contribution in [0.3, 0.4) is 0 Å². The van der Waals surface area contributed by atoms with Crippen molar-refractivity contribution < 1.29 is 9.59 Å². The average molecular weight is 393 g/mol. The van der Waals surface area contributed by atoms with Gasteiger partial charge < -0.3 is 20.9 Å². The molecule has 0 bridgehead atoms. The first-order valence-corrected chi connectivity index (χ1v) is 9.70. The van der Waals surface area contributed by atoms with E-state index in [1.807, 2.05) is 12.1 Å². The lowest BCUT2D eigenvalue weighted by Crippen LogP contribution is -2.49. The van der Waals surface area contributed by atoms with E-state index in [0.717, 1.165) is 5.56 Å². The van der Waals surface area contributed by atoms with Crippen molar-refractivity contribution in [2.45, 2.75) is 20.0 Å². The van der Waals surface area contributed by atoms with E-state index in [0.29, 0.717) is 37.7 Å². The Morgan fingerprint density at radius 3 is 2.17 bits per heavy atom. The Balaban J connectivity index is 1.50. The van der Waals surface area contributed by atoms with Gasteiger partial charge in [-0.05, 0) is 30.2 Å². The SMILES string of the molecule is CN=C(NCc1ccc(C)cc1)NCc1ccc(C(=O)N2CCNC(=O)C2)cc1. The summed E-state index contributed by atoms with van der Waals surface area (Å²) in [5.41, 5.74) is 4.05. The summed E-state index contributed by atoms with van der Waals surface area (Å²) in [6.45, 7) is 4.51. The highest BCUT2D eigenvalue weighted by Crippen LogP contribution is 2.09. The van der Waals surface area contributed by atoms with Gasteiger partial charge in [-0.3, -0.25) is 14.6 Å². The zero-order valence-electron chi connectivity index (χ0n) is 16.9. The Hall–Kier alpha value is -3.35. The Morgan fingerprint density at radius 1 is 1.03 bits per heavy atom. The molecule has 1 aliphatic rings. The van der Waals surface area contributed by atoms with Crippen LogP contribution in [0.1, 0.15) is 27.0 Å². The first-order valence-electron chi connectivity index (χ1n) is 9.70. The highest BCUT2D eigenvalue weighted by atomic mass is 16.2. The average Bonchev–Trinajstić information content (AvgIpc) is 2.75. The molecular formula is C22H27N5O2. The van der Waals surface area contributed by atoms with Crippen molar-refractivity contribution in [3.63, 3.8) is 0 Å². The van der Waals surface area contributed by atoms with Crippen LogP contribution in [-0.4, -0.2) is 49.4 Å². The van der Waals surface area contributed by atoms with Gasteiger partial charge in [0.25, 0.3) is 5.91 Å². The minimum absolute atomic E-state index is 0.116. The van der Waals surface area contributed by atoms with Gasteiger partial charge in [0.2, 0.25) is 5.91 Å². The molecule has 1 heterocycles. The standard InChI is InChI=1S/C22H27N5O2/c1-16-3-5-17(6-4-16)13-25-22(23-2)26-14-18-7-9-19(10-8-18)21(29)27-12-11-24-20(28)15-27/h3-10H,11-15H2,1-2H3,(H,24,28)(H2,23,25,26). The second-order valence-electron chi connectivity index (χ2n) is 7.04. The zero-order valence-corrected chi connectivity index (χ0v) is 16.9. The highest BCUT2D eigenvalue weighted by Gasteiger charge is 2.22. The van der Waals surface area contributed by atoms with Crippen LogP contribution in [-0.2, 0) is 17.9 Å². The van der Waals surface area contributed by atoms with E-state index in [-0.39, 0.29) is 18.4 Å². The second-order valence-corrected chi connectivity index (χ2v) is 7.04. The summed E-state index contributed by atoms with van der Waals surface area (Å²) in [6, 6.07) is 15.8. The third-order valence-electron chi connectivity index (χ3n) is 4.79. The van der Waals surface area contributed by atoms with Crippen molar-refractivity contribution in [3.8, 4) is 0 Å². The van der Waals surface area contributed by atoms with Crippen molar-refractivity contribution >= 4 is 17.8 Å². The topological polar surface area (TPSA) is 85.8 Å².